The number of nitrogens with one attached hydrogen (secondary N) is 2. The van der Waals surface area contributed by atoms with Crippen molar-refractivity contribution in [3.8, 4) is 5.95 Å². The van der Waals surface area contributed by atoms with Crippen LogP contribution in [0.25, 0.3) is 5.95 Å². The van der Waals surface area contributed by atoms with E-state index in [1.807, 2.05) is 0 Å². The maximum atomic E-state index is 11.8. The maximum Gasteiger partial charge on any atom is 0.252 e. The molecule has 2 heterocycles. The van der Waals surface area contributed by atoms with E-state index < -0.39 is 0 Å². The van der Waals surface area contributed by atoms with E-state index in [0.29, 0.717) is 17.2 Å². The maximum absolute atomic E-state index is 11.8. The molecule has 0 bridgehead atoms. The number of rotatable bonds is 3. The summed E-state index contributed by atoms with van der Waals surface area (Å²) in [5.41, 5.74) is 1.04. The lowest BCUT2D eigenvalue weighted by Gasteiger charge is -2.09. The molecule has 2 rings (SSSR count). The van der Waals surface area contributed by atoms with Gasteiger partial charge in [0.25, 0.3) is 5.56 Å². The Morgan fingerprint density at radius 1 is 1.30 bits per heavy atom. The molecule has 0 fully saturated rings. The first-order valence-corrected chi connectivity index (χ1v) is 6.32. The Bertz CT molecular complexity index is 699. The van der Waals surface area contributed by atoms with Crippen molar-refractivity contribution < 1.29 is 4.79 Å². The van der Waals surface area contributed by atoms with Crippen molar-refractivity contribution in [2.75, 3.05) is 5.32 Å². The van der Waals surface area contributed by atoms with E-state index in [2.05, 4.69) is 20.4 Å². The van der Waals surface area contributed by atoms with Gasteiger partial charge in [0.1, 0.15) is 5.82 Å². The molecule has 0 aromatic carbocycles. The molecule has 2 aromatic heterocycles. The minimum atomic E-state index is -0.262. The first kappa shape index (κ1) is 14.0. The molecule has 2 N–H and O–H groups in total. The molecule has 2 aromatic rings. The van der Waals surface area contributed by atoms with E-state index in [-0.39, 0.29) is 23.3 Å². The SMILES string of the molecule is Cc1cc(=O)[nH]c(-n2nc(C)cc2NC(=O)C(C)C)n1. The molecule has 0 radical (unpaired) electrons. The number of carbonyl (C=O) groups excluding carboxylic acids is 1. The monoisotopic (exact) mass is 275 g/mol. The van der Waals surface area contributed by atoms with Crippen molar-refractivity contribution in [2.45, 2.75) is 27.7 Å². The molecular weight excluding hydrogens is 258 g/mol. The summed E-state index contributed by atoms with van der Waals surface area (Å²) in [5.74, 6) is 0.487. The minimum Gasteiger partial charge on any atom is -0.310 e. The minimum absolute atomic E-state index is 0.124. The second-order valence-electron chi connectivity index (χ2n) is 4.94. The predicted molar refractivity (Wildman–Crippen MR) is 74.9 cm³/mol. The van der Waals surface area contributed by atoms with E-state index in [4.69, 9.17) is 0 Å². The van der Waals surface area contributed by atoms with Gasteiger partial charge in [0.05, 0.1) is 5.69 Å². The molecular formula is C13H17N5O2. The lowest BCUT2D eigenvalue weighted by Crippen LogP contribution is -2.21. The molecule has 20 heavy (non-hydrogen) atoms. The van der Waals surface area contributed by atoms with Crippen molar-refractivity contribution in [1.29, 1.82) is 0 Å². The Hall–Kier alpha value is -2.44. The van der Waals surface area contributed by atoms with Crippen LogP contribution in [0.5, 0.6) is 0 Å². The topological polar surface area (TPSA) is 92.7 Å². The summed E-state index contributed by atoms with van der Waals surface area (Å²) in [6.07, 6.45) is 0. The molecule has 7 heteroatoms. The summed E-state index contributed by atoms with van der Waals surface area (Å²) in [4.78, 5) is 30.1. The van der Waals surface area contributed by atoms with Gasteiger partial charge in [-0.1, -0.05) is 13.8 Å². The average molecular weight is 275 g/mol. The highest BCUT2D eigenvalue weighted by Crippen LogP contribution is 2.14. The molecule has 0 aliphatic heterocycles. The van der Waals surface area contributed by atoms with Crippen molar-refractivity contribution in [3.63, 3.8) is 0 Å². The Morgan fingerprint density at radius 2 is 2.00 bits per heavy atom. The van der Waals surface area contributed by atoms with Crippen molar-refractivity contribution >= 4 is 11.7 Å². The van der Waals surface area contributed by atoms with Crippen LogP contribution in [0, 0.1) is 19.8 Å². The number of hydrogen-bond donors (Lipinski definition) is 2. The van der Waals surface area contributed by atoms with E-state index in [9.17, 15) is 9.59 Å². The Balaban J connectivity index is 2.46. The van der Waals surface area contributed by atoms with Gasteiger partial charge in [0.2, 0.25) is 11.9 Å². The zero-order valence-corrected chi connectivity index (χ0v) is 11.9. The number of anilines is 1. The van der Waals surface area contributed by atoms with Gasteiger partial charge in [-0.3, -0.25) is 14.6 Å². The second-order valence-corrected chi connectivity index (χ2v) is 4.94. The number of hydrogen-bond acceptors (Lipinski definition) is 4. The van der Waals surface area contributed by atoms with Crippen molar-refractivity contribution in [3.05, 3.63) is 33.9 Å². The van der Waals surface area contributed by atoms with Crippen LogP contribution in [0.1, 0.15) is 25.2 Å². The molecule has 106 valence electrons. The lowest BCUT2D eigenvalue weighted by atomic mass is 10.2. The summed E-state index contributed by atoms with van der Waals surface area (Å²) in [6.45, 7) is 7.13. The number of nitrogens with zero attached hydrogens (tertiary/aromatic N) is 3. The Labute approximate surface area is 116 Å². The van der Waals surface area contributed by atoms with Crippen LogP contribution in [-0.4, -0.2) is 25.7 Å². The van der Waals surface area contributed by atoms with Gasteiger partial charge >= 0.3 is 0 Å². The van der Waals surface area contributed by atoms with E-state index in [1.54, 1.807) is 33.8 Å². The highest BCUT2D eigenvalue weighted by Gasteiger charge is 2.14. The van der Waals surface area contributed by atoms with Crippen LogP contribution >= 0.6 is 0 Å². The highest BCUT2D eigenvalue weighted by molar-refractivity contribution is 5.91. The van der Waals surface area contributed by atoms with Gasteiger partial charge in [-0.2, -0.15) is 9.78 Å². The molecule has 0 aliphatic carbocycles. The zero-order chi connectivity index (χ0) is 14.9. The fraction of sp³-hybridized carbons (Fsp3) is 0.385. The molecule has 7 nitrogen and oxygen atoms in total. The third kappa shape index (κ3) is 2.93. The molecule has 0 unspecified atom stereocenters. The summed E-state index contributed by atoms with van der Waals surface area (Å²) in [5, 5.41) is 7.01. The Morgan fingerprint density at radius 3 is 2.60 bits per heavy atom. The summed E-state index contributed by atoms with van der Waals surface area (Å²) < 4.78 is 1.42. The van der Waals surface area contributed by atoms with Gasteiger partial charge < -0.3 is 5.32 Å². The first-order valence-electron chi connectivity index (χ1n) is 6.32. The van der Waals surface area contributed by atoms with Gasteiger partial charge in [-0.05, 0) is 13.8 Å². The number of H-pyrrole nitrogens is 1. The molecule has 1 amide bonds. The largest absolute Gasteiger partial charge is 0.310 e. The molecule has 0 spiro atoms. The van der Waals surface area contributed by atoms with Crippen molar-refractivity contribution in [1.82, 2.24) is 19.7 Å². The predicted octanol–water partition coefficient (Wildman–Crippen LogP) is 1.17. The molecule has 0 saturated heterocycles. The molecule has 0 aliphatic rings. The van der Waals surface area contributed by atoms with Gasteiger partial charge in [0.15, 0.2) is 0 Å². The highest BCUT2D eigenvalue weighted by atomic mass is 16.2. The van der Waals surface area contributed by atoms with E-state index >= 15 is 0 Å². The summed E-state index contributed by atoms with van der Waals surface area (Å²) >= 11 is 0. The fourth-order valence-electron chi connectivity index (χ4n) is 1.68. The zero-order valence-electron chi connectivity index (χ0n) is 11.9. The van der Waals surface area contributed by atoms with E-state index in [1.165, 1.54) is 10.7 Å². The number of carbonyl (C=O) groups is 1. The van der Waals surface area contributed by atoms with Gasteiger partial charge in [-0.25, -0.2) is 4.98 Å². The van der Waals surface area contributed by atoms with Gasteiger partial charge in [-0.15, -0.1) is 0 Å². The van der Waals surface area contributed by atoms with Crippen LogP contribution < -0.4 is 10.9 Å². The van der Waals surface area contributed by atoms with Crippen LogP contribution in [0.3, 0.4) is 0 Å². The van der Waals surface area contributed by atoms with E-state index in [0.717, 1.165) is 0 Å². The fourth-order valence-corrected chi connectivity index (χ4v) is 1.68. The molecule has 0 saturated carbocycles. The van der Waals surface area contributed by atoms with Gasteiger partial charge in [0, 0.05) is 23.7 Å². The molecule has 0 atom stereocenters. The van der Waals surface area contributed by atoms with Crippen LogP contribution in [-0.2, 0) is 4.79 Å². The lowest BCUT2D eigenvalue weighted by molar-refractivity contribution is -0.118. The average Bonchev–Trinajstić information content (AvgIpc) is 2.68. The second kappa shape index (κ2) is 5.28. The smallest absolute Gasteiger partial charge is 0.252 e. The van der Waals surface area contributed by atoms with Crippen LogP contribution in [0.15, 0.2) is 16.9 Å². The number of aryl methyl sites for hydroxylation is 2. The third-order valence-electron chi connectivity index (χ3n) is 2.67. The van der Waals surface area contributed by atoms with Crippen LogP contribution in [0.2, 0.25) is 0 Å². The third-order valence-corrected chi connectivity index (χ3v) is 2.67. The number of aromatic amines is 1. The quantitative estimate of drug-likeness (QED) is 0.879. The standard InChI is InChI=1S/C13H17N5O2/c1-7(2)12(20)15-10-5-9(4)17-18(10)13-14-8(3)6-11(19)16-13/h5-7H,1-4H3,(H,15,20)(H,14,16,19). The number of aromatic nitrogens is 4. The van der Waals surface area contributed by atoms with Crippen molar-refractivity contribution in [2.24, 2.45) is 5.92 Å². The summed E-state index contributed by atoms with van der Waals surface area (Å²) in [6, 6.07) is 3.12. The van der Waals surface area contributed by atoms with Crippen LogP contribution in [0.4, 0.5) is 5.82 Å². The first-order chi connectivity index (χ1) is 9.36. The number of amides is 1. The Kier molecular flexibility index (Phi) is 3.69. The normalized spacial score (nSPS) is 10.8. The summed E-state index contributed by atoms with van der Waals surface area (Å²) in [7, 11) is 0.